The van der Waals surface area contributed by atoms with Gasteiger partial charge in [0, 0.05) is 19.1 Å². The second-order valence-electron chi connectivity index (χ2n) is 6.89. The first kappa shape index (κ1) is 21.9. The number of carbonyl (C=O) groups excluding carboxylic acids is 2. The first-order chi connectivity index (χ1) is 14.5. The number of nitrogens with zero attached hydrogens (tertiary/aromatic N) is 1. The van der Waals surface area contributed by atoms with Crippen molar-refractivity contribution in [2.24, 2.45) is 0 Å². The van der Waals surface area contributed by atoms with Crippen LogP contribution in [0.4, 0.5) is 4.39 Å². The lowest BCUT2D eigenvalue weighted by molar-refractivity contribution is -0.134. The number of likely N-dealkylation sites (tertiary alicyclic amines) is 1. The number of amides is 2. The van der Waals surface area contributed by atoms with E-state index in [-0.39, 0.29) is 29.1 Å². The van der Waals surface area contributed by atoms with Crippen molar-refractivity contribution in [3.8, 4) is 11.5 Å². The maximum atomic E-state index is 13.9. The van der Waals surface area contributed by atoms with Gasteiger partial charge in [-0.3, -0.25) is 9.59 Å². The van der Waals surface area contributed by atoms with E-state index in [0.29, 0.717) is 44.0 Å². The number of para-hydroxylation sites is 2. The van der Waals surface area contributed by atoms with Crippen LogP contribution < -0.4 is 14.8 Å². The summed E-state index contributed by atoms with van der Waals surface area (Å²) >= 11 is 5.95. The molecule has 30 heavy (non-hydrogen) atoms. The number of piperidine rings is 1. The van der Waals surface area contributed by atoms with Gasteiger partial charge in [-0.2, -0.15) is 0 Å². The molecule has 0 radical (unpaired) electrons. The van der Waals surface area contributed by atoms with Crippen molar-refractivity contribution in [3.05, 3.63) is 58.9 Å². The standard InChI is InChI=1S/C22H24ClFN2O4/c1-2-29-18-8-3-4-9-19(18)30-14-20(27)26-12-10-15(11-13-26)25-22(28)21-16(23)6-5-7-17(21)24/h3-9,15H,2,10-14H2,1H3,(H,25,28). The Kier molecular flexibility index (Phi) is 7.52. The highest BCUT2D eigenvalue weighted by atomic mass is 35.5. The summed E-state index contributed by atoms with van der Waals surface area (Å²) in [6, 6.07) is 11.2. The highest BCUT2D eigenvalue weighted by molar-refractivity contribution is 6.33. The molecule has 160 valence electrons. The summed E-state index contributed by atoms with van der Waals surface area (Å²) in [5, 5.41) is 2.88. The molecule has 1 N–H and O–H groups in total. The van der Waals surface area contributed by atoms with Gasteiger partial charge in [-0.05, 0) is 44.0 Å². The molecular weight excluding hydrogens is 411 g/mol. The molecule has 0 bridgehead atoms. The SMILES string of the molecule is CCOc1ccccc1OCC(=O)N1CCC(NC(=O)c2c(F)cccc2Cl)CC1. The van der Waals surface area contributed by atoms with E-state index in [0.717, 1.165) is 0 Å². The van der Waals surface area contributed by atoms with Crippen LogP contribution in [-0.2, 0) is 4.79 Å². The fraction of sp³-hybridized carbons (Fsp3) is 0.364. The van der Waals surface area contributed by atoms with Gasteiger partial charge in [0.25, 0.3) is 11.8 Å². The van der Waals surface area contributed by atoms with Gasteiger partial charge in [-0.25, -0.2) is 4.39 Å². The predicted molar refractivity (Wildman–Crippen MR) is 112 cm³/mol. The van der Waals surface area contributed by atoms with Crippen LogP contribution >= 0.6 is 11.6 Å². The highest BCUT2D eigenvalue weighted by Crippen LogP contribution is 2.26. The molecule has 1 fully saturated rings. The first-order valence-electron chi connectivity index (χ1n) is 9.87. The third kappa shape index (κ3) is 5.42. The molecule has 3 rings (SSSR count). The fourth-order valence-corrected chi connectivity index (χ4v) is 3.57. The Morgan fingerprint density at radius 1 is 1.10 bits per heavy atom. The summed E-state index contributed by atoms with van der Waals surface area (Å²) in [5.41, 5.74) is -0.154. The van der Waals surface area contributed by atoms with Crippen LogP contribution in [0.25, 0.3) is 0 Å². The third-order valence-corrected chi connectivity index (χ3v) is 5.19. The molecule has 1 aliphatic heterocycles. The average Bonchev–Trinajstić information content (AvgIpc) is 2.73. The van der Waals surface area contributed by atoms with Crippen molar-refractivity contribution < 1.29 is 23.5 Å². The average molecular weight is 435 g/mol. The van der Waals surface area contributed by atoms with E-state index >= 15 is 0 Å². The fourth-order valence-electron chi connectivity index (χ4n) is 3.32. The van der Waals surface area contributed by atoms with Crippen molar-refractivity contribution in [3.63, 3.8) is 0 Å². The van der Waals surface area contributed by atoms with Crippen LogP contribution in [0.15, 0.2) is 42.5 Å². The topological polar surface area (TPSA) is 67.9 Å². The van der Waals surface area contributed by atoms with Crippen LogP contribution in [0.3, 0.4) is 0 Å². The molecule has 0 aliphatic carbocycles. The second-order valence-corrected chi connectivity index (χ2v) is 7.30. The molecule has 0 spiro atoms. The molecule has 0 atom stereocenters. The summed E-state index contributed by atoms with van der Waals surface area (Å²) in [5.74, 6) is -0.211. The normalized spacial score (nSPS) is 14.3. The number of ether oxygens (including phenoxy) is 2. The predicted octanol–water partition coefficient (Wildman–Crippen LogP) is 3.68. The van der Waals surface area contributed by atoms with E-state index in [2.05, 4.69) is 5.32 Å². The Morgan fingerprint density at radius 2 is 1.77 bits per heavy atom. The van der Waals surface area contributed by atoms with Crippen LogP contribution in [0.1, 0.15) is 30.1 Å². The zero-order chi connectivity index (χ0) is 21.5. The van der Waals surface area contributed by atoms with Gasteiger partial charge >= 0.3 is 0 Å². The third-order valence-electron chi connectivity index (χ3n) is 4.87. The molecule has 0 saturated carbocycles. The Balaban J connectivity index is 1.48. The van der Waals surface area contributed by atoms with Gasteiger partial charge in [0.1, 0.15) is 5.82 Å². The van der Waals surface area contributed by atoms with Crippen molar-refractivity contribution in [1.82, 2.24) is 10.2 Å². The van der Waals surface area contributed by atoms with Crippen LogP contribution in [0.2, 0.25) is 5.02 Å². The van der Waals surface area contributed by atoms with Crippen molar-refractivity contribution >= 4 is 23.4 Å². The number of rotatable bonds is 7. The van der Waals surface area contributed by atoms with Gasteiger partial charge in [0.05, 0.1) is 17.2 Å². The molecule has 0 aromatic heterocycles. The van der Waals surface area contributed by atoms with Gasteiger partial charge < -0.3 is 19.7 Å². The second kappa shape index (κ2) is 10.3. The van der Waals surface area contributed by atoms with Gasteiger partial charge in [0.15, 0.2) is 18.1 Å². The summed E-state index contributed by atoms with van der Waals surface area (Å²) in [7, 11) is 0. The lowest BCUT2D eigenvalue weighted by atomic mass is 10.0. The highest BCUT2D eigenvalue weighted by Gasteiger charge is 2.26. The number of hydrogen-bond acceptors (Lipinski definition) is 4. The molecule has 0 unspecified atom stereocenters. The van der Waals surface area contributed by atoms with Gasteiger partial charge in [-0.15, -0.1) is 0 Å². The van der Waals surface area contributed by atoms with Gasteiger partial charge in [-0.1, -0.05) is 29.8 Å². The molecule has 2 aromatic carbocycles. The molecular formula is C22H24ClFN2O4. The van der Waals surface area contributed by atoms with Crippen LogP contribution in [-0.4, -0.2) is 49.1 Å². The van der Waals surface area contributed by atoms with Crippen molar-refractivity contribution in [2.45, 2.75) is 25.8 Å². The molecule has 1 saturated heterocycles. The Labute approximate surface area is 179 Å². The zero-order valence-electron chi connectivity index (χ0n) is 16.7. The van der Waals surface area contributed by atoms with Crippen molar-refractivity contribution in [2.75, 3.05) is 26.3 Å². The smallest absolute Gasteiger partial charge is 0.260 e. The first-order valence-corrected chi connectivity index (χ1v) is 10.2. The summed E-state index contributed by atoms with van der Waals surface area (Å²) in [6.07, 6.45) is 1.14. The number of halogens is 2. The van der Waals surface area contributed by atoms with Crippen LogP contribution in [0, 0.1) is 5.82 Å². The molecule has 2 amide bonds. The van der Waals surface area contributed by atoms with E-state index in [1.807, 2.05) is 19.1 Å². The Hall–Kier alpha value is -2.80. The number of hydrogen-bond donors (Lipinski definition) is 1. The summed E-state index contributed by atoms with van der Waals surface area (Å²) in [6.45, 7) is 3.25. The lowest BCUT2D eigenvalue weighted by Gasteiger charge is -2.32. The van der Waals surface area contributed by atoms with Gasteiger partial charge in [0.2, 0.25) is 0 Å². The minimum Gasteiger partial charge on any atom is -0.490 e. The molecule has 6 nitrogen and oxygen atoms in total. The Morgan fingerprint density at radius 3 is 2.40 bits per heavy atom. The number of benzene rings is 2. The maximum Gasteiger partial charge on any atom is 0.260 e. The lowest BCUT2D eigenvalue weighted by Crippen LogP contribution is -2.47. The monoisotopic (exact) mass is 434 g/mol. The van der Waals surface area contributed by atoms with E-state index in [1.54, 1.807) is 17.0 Å². The summed E-state index contributed by atoms with van der Waals surface area (Å²) < 4.78 is 25.0. The van der Waals surface area contributed by atoms with E-state index in [1.165, 1.54) is 18.2 Å². The molecule has 1 heterocycles. The minimum absolute atomic E-state index is 0.0737. The molecule has 1 aliphatic rings. The Bertz CT molecular complexity index is 880. The van der Waals surface area contributed by atoms with Crippen LogP contribution in [0.5, 0.6) is 11.5 Å². The zero-order valence-corrected chi connectivity index (χ0v) is 17.5. The number of carbonyl (C=O) groups is 2. The molecule has 8 heteroatoms. The molecule has 2 aromatic rings. The van der Waals surface area contributed by atoms with E-state index in [9.17, 15) is 14.0 Å². The van der Waals surface area contributed by atoms with E-state index in [4.69, 9.17) is 21.1 Å². The quantitative estimate of drug-likeness (QED) is 0.721. The maximum absolute atomic E-state index is 13.9. The largest absolute Gasteiger partial charge is 0.490 e. The van der Waals surface area contributed by atoms with Crippen molar-refractivity contribution in [1.29, 1.82) is 0 Å². The summed E-state index contributed by atoms with van der Waals surface area (Å²) in [4.78, 5) is 26.5. The van der Waals surface area contributed by atoms with E-state index < -0.39 is 11.7 Å². The number of nitrogens with one attached hydrogen (secondary N) is 1. The minimum atomic E-state index is -0.655.